The van der Waals surface area contributed by atoms with E-state index in [4.69, 9.17) is 5.26 Å². The first kappa shape index (κ1) is 17.1. The highest BCUT2D eigenvalue weighted by Crippen LogP contribution is 2.11. The Labute approximate surface area is 125 Å². The molecule has 1 N–H and O–H groups in total. The molecule has 0 spiro atoms. The van der Waals surface area contributed by atoms with Gasteiger partial charge < -0.3 is 10.2 Å². The smallest absolute Gasteiger partial charge is 0.239 e. The minimum absolute atomic E-state index is 0.0197. The monoisotopic (exact) mass is 291 g/mol. The topological polar surface area (TPSA) is 56.1 Å². The Morgan fingerprint density at radius 3 is 2.62 bits per heavy atom. The van der Waals surface area contributed by atoms with Crippen molar-refractivity contribution in [3.8, 4) is 6.07 Å². The van der Waals surface area contributed by atoms with Crippen LogP contribution >= 0.6 is 0 Å². The number of carbonyl (C=O) groups excluding carboxylic acids is 1. The van der Waals surface area contributed by atoms with E-state index in [9.17, 15) is 9.18 Å². The van der Waals surface area contributed by atoms with E-state index in [1.807, 2.05) is 6.07 Å². The van der Waals surface area contributed by atoms with Crippen LogP contribution in [0.1, 0.15) is 31.4 Å². The number of rotatable bonds is 6. The van der Waals surface area contributed by atoms with Crippen molar-refractivity contribution in [1.82, 2.24) is 10.2 Å². The maximum Gasteiger partial charge on any atom is 0.239 e. The van der Waals surface area contributed by atoms with Gasteiger partial charge in [0, 0.05) is 20.6 Å². The molecule has 1 rings (SSSR count). The van der Waals surface area contributed by atoms with E-state index in [1.165, 1.54) is 12.1 Å². The first-order valence-corrected chi connectivity index (χ1v) is 6.98. The number of nitriles is 1. The summed E-state index contributed by atoms with van der Waals surface area (Å²) in [5.74, 6) is -0.120. The minimum Gasteiger partial charge on any atom is -0.347 e. The third kappa shape index (κ3) is 5.16. The Morgan fingerprint density at radius 2 is 2.10 bits per heavy atom. The van der Waals surface area contributed by atoms with Crippen LogP contribution in [0.4, 0.5) is 4.39 Å². The number of amides is 1. The van der Waals surface area contributed by atoms with Crippen molar-refractivity contribution in [3.05, 3.63) is 35.1 Å². The van der Waals surface area contributed by atoms with Crippen LogP contribution in [0.5, 0.6) is 0 Å². The van der Waals surface area contributed by atoms with Gasteiger partial charge in [-0.1, -0.05) is 19.9 Å². The fourth-order valence-electron chi connectivity index (χ4n) is 2.06. The molecule has 0 radical (unpaired) electrons. The van der Waals surface area contributed by atoms with E-state index in [1.54, 1.807) is 25.1 Å². The van der Waals surface area contributed by atoms with Gasteiger partial charge in [-0.15, -0.1) is 0 Å². The molecule has 0 heterocycles. The van der Waals surface area contributed by atoms with Crippen LogP contribution in [-0.2, 0) is 11.3 Å². The molecule has 0 aliphatic rings. The van der Waals surface area contributed by atoms with Crippen LogP contribution in [0.2, 0.25) is 0 Å². The Bertz CT molecular complexity index is 535. The molecule has 114 valence electrons. The van der Waals surface area contributed by atoms with Gasteiger partial charge in [0.25, 0.3) is 0 Å². The molecule has 1 atom stereocenters. The fourth-order valence-corrected chi connectivity index (χ4v) is 2.06. The van der Waals surface area contributed by atoms with Crippen LogP contribution in [0, 0.1) is 23.1 Å². The van der Waals surface area contributed by atoms with E-state index in [0.717, 1.165) is 12.0 Å². The zero-order chi connectivity index (χ0) is 16.0. The molecule has 1 amide bonds. The summed E-state index contributed by atoms with van der Waals surface area (Å²) in [6.07, 6.45) is 0.726. The number of nitrogens with one attached hydrogen (secondary N) is 1. The van der Waals surface area contributed by atoms with Crippen LogP contribution in [0.3, 0.4) is 0 Å². The second kappa shape index (κ2) is 7.75. The molecule has 0 saturated heterocycles. The number of benzene rings is 1. The lowest BCUT2D eigenvalue weighted by atomic mass is 10.0. The molecule has 21 heavy (non-hydrogen) atoms. The Hall–Kier alpha value is -1.93. The van der Waals surface area contributed by atoms with Crippen LogP contribution < -0.4 is 5.32 Å². The maximum atomic E-state index is 13.3. The van der Waals surface area contributed by atoms with E-state index in [2.05, 4.69) is 19.2 Å². The average molecular weight is 291 g/mol. The largest absolute Gasteiger partial charge is 0.347 e. The van der Waals surface area contributed by atoms with Gasteiger partial charge in [-0.3, -0.25) is 4.79 Å². The Balaban J connectivity index is 2.77. The first-order chi connectivity index (χ1) is 9.85. The molecule has 1 unspecified atom stereocenters. The highest BCUT2D eigenvalue weighted by molar-refractivity contribution is 5.81. The van der Waals surface area contributed by atoms with Crippen molar-refractivity contribution in [2.75, 3.05) is 14.1 Å². The van der Waals surface area contributed by atoms with Gasteiger partial charge in [0.2, 0.25) is 5.91 Å². The number of nitrogens with zero attached hydrogens (tertiary/aromatic N) is 2. The van der Waals surface area contributed by atoms with Gasteiger partial charge in [0.15, 0.2) is 0 Å². The molecule has 0 aliphatic heterocycles. The van der Waals surface area contributed by atoms with Gasteiger partial charge in [0.1, 0.15) is 11.9 Å². The predicted molar refractivity (Wildman–Crippen MR) is 79.9 cm³/mol. The van der Waals surface area contributed by atoms with Crippen LogP contribution in [0.25, 0.3) is 0 Å². The van der Waals surface area contributed by atoms with E-state index in [0.29, 0.717) is 12.5 Å². The fraction of sp³-hybridized carbons (Fsp3) is 0.500. The lowest BCUT2D eigenvalue weighted by Gasteiger charge is -2.23. The summed E-state index contributed by atoms with van der Waals surface area (Å²) in [6.45, 7) is 4.54. The van der Waals surface area contributed by atoms with E-state index >= 15 is 0 Å². The molecule has 0 saturated carbocycles. The molecule has 4 nitrogen and oxygen atoms in total. The highest BCUT2D eigenvalue weighted by Gasteiger charge is 2.20. The van der Waals surface area contributed by atoms with Crippen molar-refractivity contribution in [3.63, 3.8) is 0 Å². The number of hydrogen-bond donors (Lipinski definition) is 1. The second-order valence-corrected chi connectivity index (χ2v) is 5.72. The number of carbonyl (C=O) groups is 1. The van der Waals surface area contributed by atoms with Crippen molar-refractivity contribution in [1.29, 1.82) is 5.26 Å². The lowest BCUT2D eigenvalue weighted by Crippen LogP contribution is -2.44. The predicted octanol–water partition coefficient (Wildman–Crippen LogP) is 2.29. The summed E-state index contributed by atoms with van der Waals surface area (Å²) in [6, 6.07) is 5.94. The lowest BCUT2D eigenvalue weighted by molar-refractivity contribution is -0.131. The van der Waals surface area contributed by atoms with Crippen LogP contribution in [0.15, 0.2) is 18.2 Å². The third-order valence-electron chi connectivity index (χ3n) is 3.15. The van der Waals surface area contributed by atoms with Gasteiger partial charge in [-0.2, -0.15) is 5.26 Å². The van der Waals surface area contributed by atoms with E-state index < -0.39 is 5.82 Å². The van der Waals surface area contributed by atoms with Gasteiger partial charge in [0.05, 0.1) is 11.6 Å². The molecule has 0 fully saturated rings. The standard InChI is InChI=1S/C16H22FN3O/c1-11(2)7-15(16(21)20(3)4)19-10-12-5-6-14(17)13(8-12)9-18/h5-6,8,11,15,19H,7,10H2,1-4H3. The van der Waals surface area contributed by atoms with Crippen molar-refractivity contribution < 1.29 is 9.18 Å². The summed E-state index contributed by atoms with van der Waals surface area (Å²) in [4.78, 5) is 13.7. The molecule has 5 heteroatoms. The van der Waals surface area contributed by atoms with Gasteiger partial charge in [-0.05, 0) is 30.0 Å². The molecule has 0 bridgehead atoms. The Morgan fingerprint density at radius 1 is 1.43 bits per heavy atom. The SMILES string of the molecule is CC(C)CC(NCc1ccc(F)c(C#N)c1)C(=O)N(C)C. The number of halogens is 1. The van der Waals surface area contributed by atoms with Gasteiger partial charge >= 0.3 is 0 Å². The summed E-state index contributed by atoms with van der Waals surface area (Å²) in [5, 5.41) is 12.0. The number of likely N-dealkylation sites (N-methyl/N-ethyl adjacent to an activating group) is 1. The van der Waals surface area contributed by atoms with Crippen LogP contribution in [-0.4, -0.2) is 30.9 Å². The zero-order valence-electron chi connectivity index (χ0n) is 13.0. The van der Waals surface area contributed by atoms with Crippen molar-refractivity contribution in [2.24, 2.45) is 5.92 Å². The maximum absolute atomic E-state index is 13.3. The summed E-state index contributed by atoms with van der Waals surface area (Å²) < 4.78 is 13.3. The quantitative estimate of drug-likeness (QED) is 0.875. The third-order valence-corrected chi connectivity index (χ3v) is 3.15. The average Bonchev–Trinajstić information content (AvgIpc) is 2.43. The molecule has 1 aromatic carbocycles. The summed E-state index contributed by atoms with van der Waals surface area (Å²) >= 11 is 0. The van der Waals surface area contributed by atoms with Gasteiger partial charge in [-0.25, -0.2) is 4.39 Å². The van der Waals surface area contributed by atoms with Crippen molar-refractivity contribution in [2.45, 2.75) is 32.9 Å². The molecular weight excluding hydrogens is 269 g/mol. The highest BCUT2D eigenvalue weighted by atomic mass is 19.1. The van der Waals surface area contributed by atoms with E-state index in [-0.39, 0.29) is 17.5 Å². The second-order valence-electron chi connectivity index (χ2n) is 5.72. The zero-order valence-corrected chi connectivity index (χ0v) is 13.0. The molecular formula is C16H22FN3O. The molecule has 0 aliphatic carbocycles. The summed E-state index contributed by atoms with van der Waals surface area (Å²) in [7, 11) is 3.45. The summed E-state index contributed by atoms with van der Waals surface area (Å²) in [5.41, 5.74) is 0.807. The minimum atomic E-state index is -0.524. The first-order valence-electron chi connectivity index (χ1n) is 6.98. The molecule has 0 aromatic heterocycles. The normalized spacial score (nSPS) is 12.0. The Kier molecular flexibility index (Phi) is 6.32. The van der Waals surface area contributed by atoms with Crippen molar-refractivity contribution >= 4 is 5.91 Å². The number of hydrogen-bond acceptors (Lipinski definition) is 3. The molecule has 1 aromatic rings.